The molecule has 5 heteroatoms. The molecule has 0 unspecified atom stereocenters. The lowest BCUT2D eigenvalue weighted by atomic mass is 9.84. The fraction of sp³-hybridized carbons (Fsp3) is 0.636. The van der Waals surface area contributed by atoms with E-state index in [9.17, 15) is 4.79 Å². The maximum atomic E-state index is 11.9. The Morgan fingerprint density at radius 3 is 2.88 bits per heavy atom. The van der Waals surface area contributed by atoms with E-state index >= 15 is 0 Å². The second-order valence-corrected chi connectivity index (χ2v) is 5.00. The minimum absolute atomic E-state index is 0.104. The number of carbonyl (C=O) groups is 1. The third kappa shape index (κ3) is 2.21. The van der Waals surface area contributed by atoms with Crippen LogP contribution in [0.25, 0.3) is 0 Å². The normalized spacial score (nSPS) is 23.9. The Bertz CT molecular complexity index is 385. The van der Waals surface area contributed by atoms with E-state index in [0.717, 1.165) is 19.4 Å². The van der Waals surface area contributed by atoms with Crippen molar-refractivity contribution in [1.29, 1.82) is 0 Å². The fourth-order valence-corrected chi connectivity index (χ4v) is 2.46. The number of aryl methyl sites for hydroxylation is 1. The molecular weight excluding hydrogens is 228 g/mol. The van der Waals surface area contributed by atoms with E-state index < -0.39 is 0 Å². The summed E-state index contributed by atoms with van der Waals surface area (Å²) in [5.41, 5.74) is 0.640. The molecule has 16 heavy (non-hydrogen) atoms. The monoisotopic (exact) mass is 242 g/mol. The summed E-state index contributed by atoms with van der Waals surface area (Å²) in [6.45, 7) is 2.50. The Balaban J connectivity index is 1.92. The predicted molar refractivity (Wildman–Crippen MR) is 60.6 cm³/mol. The summed E-state index contributed by atoms with van der Waals surface area (Å²) < 4.78 is 5.07. The number of alkyl halides is 1. The molecule has 0 atom stereocenters. The highest BCUT2D eigenvalue weighted by Crippen LogP contribution is 2.32. The summed E-state index contributed by atoms with van der Waals surface area (Å²) in [6, 6.07) is 0. The molecule has 0 saturated heterocycles. The molecular formula is C11H15ClN2O2. The molecule has 88 valence electrons. The van der Waals surface area contributed by atoms with Gasteiger partial charge in [-0.05, 0) is 25.7 Å². The van der Waals surface area contributed by atoms with Gasteiger partial charge in [0.25, 0.3) is 5.91 Å². The maximum absolute atomic E-state index is 11.9. The van der Waals surface area contributed by atoms with Crippen LogP contribution < -0.4 is 0 Å². The van der Waals surface area contributed by atoms with Crippen LogP contribution in [0.4, 0.5) is 0 Å². The van der Waals surface area contributed by atoms with E-state index in [1.807, 2.05) is 0 Å². The summed E-state index contributed by atoms with van der Waals surface area (Å²) in [5, 5.41) is 0.292. The lowest BCUT2D eigenvalue weighted by molar-refractivity contribution is 0.0714. The zero-order valence-electron chi connectivity index (χ0n) is 9.44. The van der Waals surface area contributed by atoms with Gasteiger partial charge >= 0.3 is 0 Å². The minimum atomic E-state index is -0.104. The van der Waals surface area contributed by atoms with Crippen molar-refractivity contribution in [3.05, 3.63) is 17.8 Å². The predicted octanol–water partition coefficient (Wildman–Crippen LogP) is 2.07. The zero-order valence-corrected chi connectivity index (χ0v) is 10.2. The summed E-state index contributed by atoms with van der Waals surface area (Å²) in [4.78, 5) is 17.5. The van der Waals surface area contributed by atoms with Crippen molar-refractivity contribution >= 4 is 17.5 Å². The molecule has 0 bridgehead atoms. The topological polar surface area (TPSA) is 46.3 Å². The van der Waals surface area contributed by atoms with E-state index in [1.54, 1.807) is 18.9 Å². The molecule has 1 aromatic rings. The first kappa shape index (κ1) is 11.5. The highest BCUT2D eigenvalue weighted by Gasteiger charge is 2.30. The van der Waals surface area contributed by atoms with Gasteiger partial charge in [-0.2, -0.15) is 0 Å². The van der Waals surface area contributed by atoms with Gasteiger partial charge in [-0.1, -0.05) is 0 Å². The molecule has 1 aliphatic carbocycles. The molecule has 0 radical (unpaired) electrons. The van der Waals surface area contributed by atoms with Gasteiger partial charge in [0.1, 0.15) is 0 Å². The van der Waals surface area contributed by atoms with E-state index in [1.165, 1.54) is 6.39 Å². The van der Waals surface area contributed by atoms with Crippen molar-refractivity contribution in [3.63, 3.8) is 0 Å². The largest absolute Gasteiger partial charge is 0.438 e. The molecule has 1 heterocycles. The van der Waals surface area contributed by atoms with Crippen molar-refractivity contribution in [2.24, 2.45) is 5.92 Å². The molecule has 1 fully saturated rings. The molecule has 0 N–H and O–H groups in total. The quantitative estimate of drug-likeness (QED) is 0.763. The third-order valence-corrected chi connectivity index (χ3v) is 3.35. The Hall–Kier alpha value is -1.03. The highest BCUT2D eigenvalue weighted by molar-refractivity contribution is 6.21. The van der Waals surface area contributed by atoms with E-state index in [2.05, 4.69) is 4.98 Å². The van der Waals surface area contributed by atoms with Crippen LogP contribution in [0.1, 0.15) is 29.1 Å². The molecule has 1 saturated carbocycles. The number of amides is 1. The lowest BCUT2D eigenvalue weighted by Gasteiger charge is -2.33. The molecule has 1 amide bonds. The average Bonchev–Trinajstić information content (AvgIpc) is 2.61. The highest BCUT2D eigenvalue weighted by atomic mass is 35.5. The average molecular weight is 243 g/mol. The van der Waals surface area contributed by atoms with Crippen LogP contribution in [0.2, 0.25) is 0 Å². The van der Waals surface area contributed by atoms with Gasteiger partial charge in [-0.15, -0.1) is 11.6 Å². The van der Waals surface area contributed by atoms with Gasteiger partial charge in [0.2, 0.25) is 5.76 Å². The molecule has 0 aliphatic heterocycles. The summed E-state index contributed by atoms with van der Waals surface area (Å²) in [7, 11) is 1.78. The molecule has 1 aromatic heterocycles. The van der Waals surface area contributed by atoms with Gasteiger partial charge in [0.05, 0.1) is 5.69 Å². The third-order valence-electron chi connectivity index (χ3n) is 3.00. The molecule has 1 aliphatic rings. The molecule has 4 nitrogen and oxygen atoms in total. The number of rotatable bonds is 3. The van der Waals surface area contributed by atoms with Gasteiger partial charge in [0.15, 0.2) is 6.39 Å². The molecule has 0 aromatic carbocycles. The zero-order chi connectivity index (χ0) is 11.7. The summed E-state index contributed by atoms with van der Waals surface area (Å²) in [5.74, 6) is 0.761. The number of hydrogen-bond acceptors (Lipinski definition) is 3. The first-order chi connectivity index (χ1) is 7.58. The number of carbonyl (C=O) groups excluding carboxylic acids is 1. The van der Waals surface area contributed by atoms with E-state index in [0.29, 0.717) is 22.7 Å². The Morgan fingerprint density at radius 2 is 2.38 bits per heavy atom. The SMILES string of the molecule is Cc1ncoc1C(=O)N(C)CC1CC(Cl)C1. The van der Waals surface area contributed by atoms with Crippen LogP contribution in [0.15, 0.2) is 10.8 Å². The smallest absolute Gasteiger partial charge is 0.291 e. The van der Waals surface area contributed by atoms with Gasteiger partial charge < -0.3 is 9.32 Å². The minimum Gasteiger partial charge on any atom is -0.438 e. The standard InChI is InChI=1S/C11H15ClN2O2/c1-7-10(16-6-13-7)11(15)14(2)5-8-3-9(12)4-8/h6,8-9H,3-5H2,1-2H3. The molecule has 0 spiro atoms. The van der Waals surface area contributed by atoms with Crippen LogP contribution in [0, 0.1) is 12.8 Å². The van der Waals surface area contributed by atoms with E-state index in [4.69, 9.17) is 16.0 Å². The van der Waals surface area contributed by atoms with Crippen molar-refractivity contribution < 1.29 is 9.21 Å². The Kier molecular flexibility index (Phi) is 3.19. The van der Waals surface area contributed by atoms with Crippen LogP contribution in [-0.4, -0.2) is 34.8 Å². The summed E-state index contributed by atoms with van der Waals surface area (Å²) in [6.07, 6.45) is 3.29. The van der Waals surface area contributed by atoms with Crippen molar-refractivity contribution in [2.45, 2.75) is 25.1 Å². The fourth-order valence-electron chi connectivity index (χ4n) is 1.95. The first-order valence-electron chi connectivity index (χ1n) is 5.37. The number of nitrogens with zero attached hydrogens (tertiary/aromatic N) is 2. The van der Waals surface area contributed by atoms with Crippen LogP contribution >= 0.6 is 11.6 Å². The number of aromatic nitrogens is 1. The summed E-state index contributed by atoms with van der Waals surface area (Å²) >= 11 is 5.90. The second kappa shape index (κ2) is 4.45. The number of hydrogen-bond donors (Lipinski definition) is 0. The van der Waals surface area contributed by atoms with Crippen LogP contribution in [0.3, 0.4) is 0 Å². The van der Waals surface area contributed by atoms with Crippen molar-refractivity contribution in [3.8, 4) is 0 Å². The molecule has 2 rings (SSSR count). The van der Waals surface area contributed by atoms with Crippen LogP contribution in [-0.2, 0) is 0 Å². The van der Waals surface area contributed by atoms with Crippen molar-refractivity contribution in [2.75, 3.05) is 13.6 Å². The van der Waals surface area contributed by atoms with Crippen LogP contribution in [0.5, 0.6) is 0 Å². The van der Waals surface area contributed by atoms with Gasteiger partial charge in [-0.25, -0.2) is 4.98 Å². The lowest BCUT2D eigenvalue weighted by Crippen LogP contribution is -2.38. The maximum Gasteiger partial charge on any atom is 0.291 e. The van der Waals surface area contributed by atoms with Gasteiger partial charge in [0, 0.05) is 19.0 Å². The van der Waals surface area contributed by atoms with E-state index in [-0.39, 0.29) is 5.91 Å². The number of halogens is 1. The number of oxazole rings is 1. The van der Waals surface area contributed by atoms with Crippen molar-refractivity contribution in [1.82, 2.24) is 9.88 Å². The second-order valence-electron chi connectivity index (χ2n) is 4.39. The van der Waals surface area contributed by atoms with Gasteiger partial charge in [-0.3, -0.25) is 4.79 Å². The first-order valence-corrected chi connectivity index (χ1v) is 5.81. The Labute approximate surface area is 99.6 Å². The Morgan fingerprint density at radius 1 is 1.69 bits per heavy atom.